The Hall–Kier alpha value is -2.46. The van der Waals surface area contributed by atoms with Crippen molar-refractivity contribution in [1.29, 1.82) is 0 Å². The molecule has 0 saturated carbocycles. The van der Waals surface area contributed by atoms with E-state index in [1.807, 2.05) is 4.90 Å². The average molecular weight is 485 g/mol. The zero-order chi connectivity index (χ0) is 22.2. The smallest absolute Gasteiger partial charge is 0.449 e. The Morgan fingerprint density at radius 1 is 1.10 bits per heavy atom. The maximum Gasteiger partial charge on any atom is 0.513 e. The number of fused-ring (bicyclic) bond motifs is 1. The fourth-order valence-electron chi connectivity index (χ4n) is 3.56. The van der Waals surface area contributed by atoms with Crippen LogP contribution >= 0.6 is 23.2 Å². The standard InChI is InChI=1S/C20H18Cl2N2O6S/c21-14-3-1-2-13(10-14)12-31(27,28)24-8-6-23(7-9-24)16-4-5-17-15(19(16)22)11-18(29-17)30-20(25)26/h1-5,10-11H,6-9,12H2,(H,25,26). The van der Waals surface area contributed by atoms with Gasteiger partial charge in [-0.25, -0.2) is 13.2 Å². The van der Waals surface area contributed by atoms with E-state index in [0.717, 1.165) is 0 Å². The van der Waals surface area contributed by atoms with Gasteiger partial charge in [-0.15, -0.1) is 0 Å². The van der Waals surface area contributed by atoms with Crippen LogP contribution in [0.2, 0.25) is 10.0 Å². The molecule has 11 heteroatoms. The molecular weight excluding hydrogens is 467 g/mol. The lowest BCUT2D eigenvalue weighted by Crippen LogP contribution is -2.49. The number of carbonyl (C=O) groups is 1. The van der Waals surface area contributed by atoms with E-state index in [-0.39, 0.29) is 11.7 Å². The van der Waals surface area contributed by atoms with E-state index < -0.39 is 16.2 Å². The molecular formula is C20H18Cl2N2O6S. The largest absolute Gasteiger partial charge is 0.513 e. The van der Waals surface area contributed by atoms with Gasteiger partial charge in [-0.05, 0) is 29.8 Å². The van der Waals surface area contributed by atoms with Gasteiger partial charge in [-0.2, -0.15) is 4.31 Å². The SMILES string of the molecule is O=C(O)Oc1cc2c(Cl)c(N3CCN(S(=O)(=O)Cc4cccc(Cl)c4)CC3)ccc2o1. The fourth-order valence-corrected chi connectivity index (χ4v) is 5.61. The summed E-state index contributed by atoms with van der Waals surface area (Å²) in [5.41, 5.74) is 1.75. The highest BCUT2D eigenvalue weighted by Gasteiger charge is 2.28. The lowest BCUT2D eigenvalue weighted by molar-refractivity contribution is 0.134. The van der Waals surface area contributed by atoms with Gasteiger partial charge in [-0.1, -0.05) is 35.3 Å². The predicted molar refractivity (Wildman–Crippen MR) is 118 cm³/mol. The number of rotatable bonds is 5. The van der Waals surface area contributed by atoms with E-state index in [2.05, 4.69) is 4.74 Å². The molecule has 1 aromatic heterocycles. The molecule has 1 N–H and O–H groups in total. The molecule has 4 rings (SSSR count). The molecule has 0 aliphatic carbocycles. The molecule has 1 aliphatic rings. The fraction of sp³-hybridized carbons (Fsp3) is 0.250. The third kappa shape index (κ3) is 4.74. The number of halogens is 2. The van der Waals surface area contributed by atoms with Crippen molar-refractivity contribution in [2.75, 3.05) is 31.1 Å². The van der Waals surface area contributed by atoms with Crippen LogP contribution in [0.4, 0.5) is 10.5 Å². The van der Waals surface area contributed by atoms with Crippen LogP contribution in [-0.4, -0.2) is 50.2 Å². The molecule has 0 bridgehead atoms. The Balaban J connectivity index is 1.47. The topological polar surface area (TPSA) is 100 Å². The summed E-state index contributed by atoms with van der Waals surface area (Å²) in [6.07, 6.45) is -1.48. The van der Waals surface area contributed by atoms with Crippen molar-refractivity contribution in [3.05, 3.63) is 58.1 Å². The average Bonchev–Trinajstić information content (AvgIpc) is 3.11. The Kier molecular flexibility index (Phi) is 6.02. The summed E-state index contributed by atoms with van der Waals surface area (Å²) in [6, 6.07) is 11.7. The number of hydrogen-bond donors (Lipinski definition) is 1. The summed E-state index contributed by atoms with van der Waals surface area (Å²) in [5.74, 6) is -0.278. The summed E-state index contributed by atoms with van der Waals surface area (Å²) in [5, 5.41) is 10.1. The number of benzene rings is 2. The normalized spacial score (nSPS) is 15.4. The number of nitrogens with zero attached hydrogens (tertiary/aromatic N) is 2. The maximum atomic E-state index is 12.8. The van der Waals surface area contributed by atoms with Gasteiger partial charge in [0.05, 0.1) is 16.5 Å². The predicted octanol–water partition coefficient (Wildman–Crippen LogP) is 4.45. The van der Waals surface area contributed by atoms with Crippen LogP contribution < -0.4 is 9.64 Å². The van der Waals surface area contributed by atoms with E-state index in [9.17, 15) is 13.2 Å². The summed E-state index contributed by atoms with van der Waals surface area (Å²) < 4.78 is 36.9. The summed E-state index contributed by atoms with van der Waals surface area (Å²) in [6.45, 7) is 1.54. The quantitative estimate of drug-likeness (QED) is 0.533. The number of ether oxygens (including phenoxy) is 1. The van der Waals surface area contributed by atoms with Crippen LogP contribution in [0.5, 0.6) is 5.95 Å². The summed E-state index contributed by atoms with van der Waals surface area (Å²) in [7, 11) is -3.48. The first-order valence-corrected chi connectivity index (χ1v) is 11.7. The minimum atomic E-state index is -3.48. The van der Waals surface area contributed by atoms with Gasteiger partial charge >= 0.3 is 6.16 Å². The van der Waals surface area contributed by atoms with Crippen LogP contribution in [0.15, 0.2) is 46.9 Å². The second kappa shape index (κ2) is 8.58. The molecule has 8 nitrogen and oxygen atoms in total. The zero-order valence-corrected chi connectivity index (χ0v) is 18.5. The first-order chi connectivity index (χ1) is 14.7. The number of piperazine rings is 1. The van der Waals surface area contributed by atoms with Crippen molar-refractivity contribution in [2.24, 2.45) is 0 Å². The van der Waals surface area contributed by atoms with Crippen molar-refractivity contribution in [3.8, 4) is 5.95 Å². The monoisotopic (exact) mass is 484 g/mol. The Morgan fingerprint density at radius 3 is 2.52 bits per heavy atom. The number of anilines is 1. The number of carboxylic acid groups (broad SMARTS) is 1. The molecule has 0 radical (unpaired) electrons. The number of furan rings is 1. The van der Waals surface area contributed by atoms with Gasteiger partial charge in [0.1, 0.15) is 5.58 Å². The van der Waals surface area contributed by atoms with Crippen molar-refractivity contribution in [3.63, 3.8) is 0 Å². The first kappa shape index (κ1) is 21.8. The zero-order valence-electron chi connectivity index (χ0n) is 16.1. The highest BCUT2D eigenvalue weighted by molar-refractivity contribution is 7.88. The Morgan fingerprint density at radius 2 is 1.84 bits per heavy atom. The Labute approximate surface area is 188 Å². The molecule has 1 saturated heterocycles. The van der Waals surface area contributed by atoms with Crippen molar-refractivity contribution < 1.29 is 27.5 Å². The molecule has 1 aliphatic heterocycles. The van der Waals surface area contributed by atoms with Gasteiger partial charge in [0.25, 0.3) is 5.95 Å². The minimum absolute atomic E-state index is 0.109. The van der Waals surface area contributed by atoms with Gasteiger partial charge < -0.3 is 19.2 Å². The van der Waals surface area contributed by atoms with Gasteiger partial charge in [-0.3, -0.25) is 0 Å². The van der Waals surface area contributed by atoms with Crippen molar-refractivity contribution in [2.45, 2.75) is 5.75 Å². The molecule has 0 atom stereocenters. The third-order valence-electron chi connectivity index (χ3n) is 4.99. The van der Waals surface area contributed by atoms with E-state index in [1.165, 1.54) is 10.4 Å². The molecule has 0 spiro atoms. The van der Waals surface area contributed by atoms with Crippen LogP contribution in [-0.2, 0) is 15.8 Å². The van der Waals surface area contributed by atoms with Crippen LogP contribution in [0.25, 0.3) is 11.0 Å². The van der Waals surface area contributed by atoms with E-state index in [1.54, 1.807) is 36.4 Å². The summed E-state index contributed by atoms with van der Waals surface area (Å²) >= 11 is 12.5. The van der Waals surface area contributed by atoms with Crippen LogP contribution in [0.1, 0.15) is 5.56 Å². The van der Waals surface area contributed by atoms with Crippen molar-refractivity contribution >= 4 is 56.0 Å². The van der Waals surface area contributed by atoms with Crippen LogP contribution in [0, 0.1) is 0 Å². The Bertz CT molecular complexity index is 1240. The van der Waals surface area contributed by atoms with Crippen molar-refractivity contribution in [1.82, 2.24) is 4.31 Å². The maximum absolute atomic E-state index is 12.8. The van der Waals surface area contributed by atoms with Gasteiger partial charge in [0, 0.05) is 42.7 Å². The molecule has 1 fully saturated rings. The lowest BCUT2D eigenvalue weighted by Gasteiger charge is -2.35. The highest BCUT2D eigenvalue weighted by atomic mass is 35.5. The van der Waals surface area contributed by atoms with E-state index in [0.29, 0.717) is 58.4 Å². The highest BCUT2D eigenvalue weighted by Crippen LogP contribution is 2.37. The molecule has 2 heterocycles. The molecule has 0 amide bonds. The number of hydrogen-bond acceptors (Lipinski definition) is 6. The molecule has 3 aromatic rings. The number of sulfonamides is 1. The van der Waals surface area contributed by atoms with Crippen LogP contribution in [0.3, 0.4) is 0 Å². The van der Waals surface area contributed by atoms with Gasteiger partial charge in [0.2, 0.25) is 10.0 Å². The first-order valence-electron chi connectivity index (χ1n) is 9.33. The van der Waals surface area contributed by atoms with E-state index in [4.69, 9.17) is 32.7 Å². The minimum Gasteiger partial charge on any atom is -0.449 e. The third-order valence-corrected chi connectivity index (χ3v) is 7.47. The molecule has 2 aromatic carbocycles. The van der Waals surface area contributed by atoms with E-state index >= 15 is 0 Å². The second-order valence-corrected chi connectivity index (χ2v) is 9.80. The van der Waals surface area contributed by atoms with Gasteiger partial charge in [0.15, 0.2) is 0 Å². The summed E-state index contributed by atoms with van der Waals surface area (Å²) in [4.78, 5) is 12.7. The molecule has 31 heavy (non-hydrogen) atoms. The molecule has 0 unspecified atom stereocenters. The second-order valence-electron chi connectivity index (χ2n) is 7.02. The molecule has 164 valence electrons. The lowest BCUT2D eigenvalue weighted by atomic mass is 10.2.